The first kappa shape index (κ1) is 20.9. The van der Waals surface area contributed by atoms with Gasteiger partial charge in [-0.15, -0.1) is 0 Å². The predicted molar refractivity (Wildman–Crippen MR) is 156 cm³/mol. The summed E-state index contributed by atoms with van der Waals surface area (Å²) in [4.78, 5) is 9.47. The van der Waals surface area contributed by atoms with Gasteiger partial charge >= 0.3 is 0 Å². The van der Waals surface area contributed by atoms with E-state index >= 15 is 0 Å². The lowest BCUT2D eigenvalue weighted by Crippen LogP contribution is -2.02. The molecule has 0 aliphatic rings. The largest absolute Gasteiger partial charge is 0.298 e. The molecule has 0 bridgehead atoms. The lowest BCUT2D eigenvalue weighted by atomic mass is 9.90. The zero-order chi connectivity index (χ0) is 25.1. The van der Waals surface area contributed by atoms with E-state index < -0.39 is 0 Å². The normalized spacial score (nSPS) is 11.7. The van der Waals surface area contributed by atoms with E-state index in [1.54, 1.807) is 0 Å². The fraction of sp³-hybridized carbons (Fsp3) is 0. The number of fused-ring (bicyclic) bond motifs is 4. The van der Waals surface area contributed by atoms with E-state index in [0.717, 1.165) is 33.4 Å². The van der Waals surface area contributed by atoms with Crippen molar-refractivity contribution < 1.29 is 0 Å². The summed E-state index contributed by atoms with van der Waals surface area (Å²) in [6.07, 6.45) is 3.88. The van der Waals surface area contributed by atoms with Crippen molar-refractivity contribution in [2.24, 2.45) is 0 Å². The molecule has 0 unspecified atom stereocenters. The van der Waals surface area contributed by atoms with Gasteiger partial charge in [0.1, 0.15) is 12.7 Å². The Morgan fingerprint density at radius 2 is 0.816 bits per heavy atom. The van der Waals surface area contributed by atoms with E-state index in [9.17, 15) is 0 Å². The smallest absolute Gasteiger partial charge is 0.100 e. The molecule has 0 N–H and O–H groups in total. The fourth-order valence-electron chi connectivity index (χ4n) is 5.75. The minimum absolute atomic E-state index is 0.977. The Balaban J connectivity index is 1.57. The van der Waals surface area contributed by atoms with Gasteiger partial charge in [0, 0.05) is 11.1 Å². The molecule has 0 atom stereocenters. The highest BCUT2D eigenvalue weighted by atomic mass is 15.1. The maximum atomic E-state index is 4.73. The second-order valence-corrected chi connectivity index (χ2v) is 9.57. The maximum absolute atomic E-state index is 4.73. The third kappa shape index (κ3) is 3.04. The zero-order valence-electron chi connectivity index (χ0n) is 20.5. The summed E-state index contributed by atoms with van der Waals surface area (Å²) in [6, 6.07) is 42.8. The molecule has 0 spiro atoms. The lowest BCUT2D eigenvalue weighted by Gasteiger charge is -2.20. The minimum atomic E-state index is 0.977. The molecule has 8 aromatic rings. The van der Waals surface area contributed by atoms with Gasteiger partial charge in [-0.05, 0) is 57.9 Å². The predicted octanol–water partition coefficient (Wildman–Crippen LogP) is 8.34. The van der Waals surface area contributed by atoms with Gasteiger partial charge in [0.25, 0.3) is 0 Å². The molecule has 0 saturated heterocycles. The number of imidazole rings is 2. The molecule has 4 nitrogen and oxygen atoms in total. The first-order valence-corrected chi connectivity index (χ1v) is 12.8. The van der Waals surface area contributed by atoms with E-state index in [4.69, 9.17) is 9.97 Å². The van der Waals surface area contributed by atoms with Crippen LogP contribution in [-0.2, 0) is 0 Å². The van der Waals surface area contributed by atoms with Gasteiger partial charge < -0.3 is 0 Å². The summed E-state index contributed by atoms with van der Waals surface area (Å²) in [5, 5.41) is 4.80. The standard InChI is InChI=1S/C34H22N4/c1-3-11-25-23(9-1)17-19-31(37-21-35-27-13-5-7-15-29(27)37)33(25)34-26-12-4-2-10-24(26)18-20-32(34)38-22-36-28-14-6-8-16-30(28)38/h1-22H. The Kier molecular flexibility index (Phi) is 4.49. The van der Waals surface area contributed by atoms with Crippen LogP contribution in [0.4, 0.5) is 0 Å². The Morgan fingerprint density at radius 1 is 0.395 bits per heavy atom. The van der Waals surface area contributed by atoms with Gasteiger partial charge in [-0.1, -0.05) is 84.9 Å². The molecule has 0 aliphatic heterocycles. The molecule has 8 rings (SSSR count). The van der Waals surface area contributed by atoms with Crippen molar-refractivity contribution in [3.8, 4) is 22.5 Å². The van der Waals surface area contributed by atoms with Crippen molar-refractivity contribution in [2.75, 3.05) is 0 Å². The van der Waals surface area contributed by atoms with Crippen LogP contribution < -0.4 is 0 Å². The van der Waals surface area contributed by atoms with Gasteiger partial charge in [0.15, 0.2) is 0 Å². The molecule has 0 aliphatic carbocycles. The van der Waals surface area contributed by atoms with Crippen LogP contribution in [0, 0.1) is 0 Å². The van der Waals surface area contributed by atoms with Crippen molar-refractivity contribution in [3.63, 3.8) is 0 Å². The van der Waals surface area contributed by atoms with Crippen LogP contribution in [0.25, 0.3) is 66.1 Å². The van der Waals surface area contributed by atoms with Gasteiger partial charge in [-0.2, -0.15) is 0 Å². The van der Waals surface area contributed by atoms with Crippen LogP contribution in [0.3, 0.4) is 0 Å². The third-order valence-electron chi connectivity index (χ3n) is 7.49. The average Bonchev–Trinajstić information content (AvgIpc) is 3.61. The van der Waals surface area contributed by atoms with E-state index in [0.29, 0.717) is 0 Å². The lowest BCUT2D eigenvalue weighted by molar-refractivity contribution is 1.08. The van der Waals surface area contributed by atoms with Crippen LogP contribution in [0.1, 0.15) is 0 Å². The molecule has 6 aromatic carbocycles. The summed E-state index contributed by atoms with van der Waals surface area (Å²) in [7, 11) is 0. The number of hydrogen-bond donors (Lipinski definition) is 0. The van der Waals surface area contributed by atoms with Gasteiger partial charge in [0.05, 0.1) is 33.4 Å². The molecule has 0 fully saturated rings. The molecular weight excluding hydrogens is 464 g/mol. The monoisotopic (exact) mass is 486 g/mol. The quantitative estimate of drug-likeness (QED) is 0.252. The zero-order valence-corrected chi connectivity index (χ0v) is 20.5. The SMILES string of the molecule is c1ccc2c(-c3c(-n4cnc5ccccc54)ccc4ccccc34)c(-n3cnc4ccccc43)ccc2c1. The van der Waals surface area contributed by atoms with Crippen molar-refractivity contribution in [1.82, 2.24) is 19.1 Å². The topological polar surface area (TPSA) is 35.6 Å². The van der Waals surface area contributed by atoms with Crippen molar-refractivity contribution >= 4 is 43.6 Å². The number of benzene rings is 6. The molecule has 0 radical (unpaired) electrons. The first-order valence-electron chi connectivity index (χ1n) is 12.8. The summed E-state index contributed by atoms with van der Waals surface area (Å²) in [5.74, 6) is 0. The molecule has 0 amide bonds. The number of para-hydroxylation sites is 4. The van der Waals surface area contributed by atoms with Gasteiger partial charge in [-0.3, -0.25) is 9.13 Å². The summed E-state index contributed by atoms with van der Waals surface area (Å²) < 4.78 is 4.43. The molecule has 38 heavy (non-hydrogen) atoms. The maximum Gasteiger partial charge on any atom is 0.100 e. The van der Waals surface area contributed by atoms with Gasteiger partial charge in [-0.25, -0.2) is 9.97 Å². The van der Waals surface area contributed by atoms with E-state index in [1.807, 2.05) is 24.8 Å². The second-order valence-electron chi connectivity index (χ2n) is 9.57. The average molecular weight is 487 g/mol. The Bertz CT molecular complexity index is 1990. The van der Waals surface area contributed by atoms with Crippen LogP contribution >= 0.6 is 0 Å². The van der Waals surface area contributed by atoms with Gasteiger partial charge in [0.2, 0.25) is 0 Å². The second kappa shape index (κ2) is 8.15. The molecule has 178 valence electrons. The molecule has 4 heteroatoms. The van der Waals surface area contributed by atoms with E-state index in [1.165, 1.54) is 32.7 Å². The molecular formula is C34H22N4. The Labute approximate surface area is 219 Å². The number of aromatic nitrogens is 4. The Morgan fingerprint density at radius 3 is 1.32 bits per heavy atom. The summed E-state index contributed by atoms with van der Waals surface area (Å²) in [6.45, 7) is 0. The molecule has 2 heterocycles. The minimum Gasteiger partial charge on any atom is -0.298 e. The number of rotatable bonds is 3. The highest BCUT2D eigenvalue weighted by molar-refractivity contribution is 6.11. The molecule has 2 aromatic heterocycles. The highest BCUT2D eigenvalue weighted by Gasteiger charge is 2.21. The van der Waals surface area contributed by atoms with Crippen molar-refractivity contribution in [2.45, 2.75) is 0 Å². The van der Waals surface area contributed by atoms with E-state index in [2.05, 4.69) is 118 Å². The van der Waals surface area contributed by atoms with Crippen molar-refractivity contribution in [3.05, 3.63) is 134 Å². The number of hydrogen-bond acceptors (Lipinski definition) is 2. The van der Waals surface area contributed by atoms with E-state index in [-0.39, 0.29) is 0 Å². The number of nitrogens with zero attached hydrogens (tertiary/aromatic N) is 4. The van der Waals surface area contributed by atoms with Crippen LogP contribution in [0.15, 0.2) is 134 Å². The summed E-state index contributed by atoms with van der Waals surface area (Å²) >= 11 is 0. The van der Waals surface area contributed by atoms with Crippen LogP contribution in [0.5, 0.6) is 0 Å². The highest BCUT2D eigenvalue weighted by Crippen LogP contribution is 2.43. The molecule has 0 saturated carbocycles. The van der Waals surface area contributed by atoms with Crippen molar-refractivity contribution in [1.29, 1.82) is 0 Å². The Hall–Kier alpha value is -5.22. The summed E-state index contributed by atoms with van der Waals surface area (Å²) in [5.41, 5.74) is 8.67. The fourth-order valence-corrected chi connectivity index (χ4v) is 5.75. The van der Waals surface area contributed by atoms with Crippen LogP contribution in [0.2, 0.25) is 0 Å². The van der Waals surface area contributed by atoms with Crippen LogP contribution in [-0.4, -0.2) is 19.1 Å². The first-order chi connectivity index (χ1) is 18.9. The third-order valence-corrected chi connectivity index (χ3v) is 7.49.